The van der Waals surface area contributed by atoms with E-state index in [0.29, 0.717) is 12.3 Å². The summed E-state index contributed by atoms with van der Waals surface area (Å²) in [5, 5.41) is 2.87. The van der Waals surface area contributed by atoms with Crippen molar-refractivity contribution >= 4 is 21.8 Å². The molecule has 24 heavy (non-hydrogen) atoms. The van der Waals surface area contributed by atoms with Crippen molar-refractivity contribution in [2.24, 2.45) is 0 Å². The van der Waals surface area contributed by atoms with Crippen molar-refractivity contribution in [1.29, 1.82) is 0 Å². The second-order valence-corrected chi connectivity index (χ2v) is 6.32. The van der Waals surface area contributed by atoms with Crippen molar-refractivity contribution in [2.45, 2.75) is 19.8 Å². The molecule has 128 valence electrons. The van der Waals surface area contributed by atoms with E-state index in [9.17, 15) is 4.79 Å². The lowest BCUT2D eigenvalue weighted by Gasteiger charge is -2.10. The minimum atomic E-state index is -0.115. The van der Waals surface area contributed by atoms with Crippen LogP contribution in [0.25, 0.3) is 0 Å². The average Bonchev–Trinajstić information content (AvgIpc) is 2.60. The van der Waals surface area contributed by atoms with Crippen LogP contribution in [0.15, 0.2) is 46.9 Å². The molecule has 0 bridgehead atoms. The lowest BCUT2D eigenvalue weighted by molar-refractivity contribution is -0.123. The number of hydrogen-bond acceptors (Lipinski definition) is 3. The Morgan fingerprint density at radius 3 is 2.75 bits per heavy atom. The van der Waals surface area contributed by atoms with Crippen LogP contribution in [-0.2, 0) is 11.2 Å². The van der Waals surface area contributed by atoms with Crippen molar-refractivity contribution in [2.75, 3.05) is 20.3 Å². The van der Waals surface area contributed by atoms with E-state index >= 15 is 0 Å². The van der Waals surface area contributed by atoms with Gasteiger partial charge in [0.1, 0.15) is 11.5 Å². The number of halogens is 1. The third-order valence-corrected chi connectivity index (χ3v) is 4.53. The van der Waals surface area contributed by atoms with Crippen LogP contribution in [0.3, 0.4) is 0 Å². The molecule has 0 spiro atoms. The summed E-state index contributed by atoms with van der Waals surface area (Å²) in [5.41, 5.74) is 2.22. The van der Waals surface area contributed by atoms with Crippen LogP contribution in [0.4, 0.5) is 0 Å². The van der Waals surface area contributed by atoms with Crippen LogP contribution in [0.5, 0.6) is 11.5 Å². The molecule has 0 aliphatic rings. The van der Waals surface area contributed by atoms with Crippen molar-refractivity contribution in [1.82, 2.24) is 5.32 Å². The van der Waals surface area contributed by atoms with Crippen molar-refractivity contribution in [3.8, 4) is 11.5 Å². The van der Waals surface area contributed by atoms with E-state index in [1.54, 1.807) is 7.11 Å². The summed E-state index contributed by atoms with van der Waals surface area (Å²) in [6.45, 7) is 2.62. The van der Waals surface area contributed by atoms with Gasteiger partial charge < -0.3 is 14.8 Å². The molecular weight excluding hydrogens is 370 g/mol. The Hall–Kier alpha value is -2.01. The van der Waals surface area contributed by atoms with Crippen LogP contribution in [0.1, 0.15) is 17.5 Å². The molecule has 4 nitrogen and oxygen atoms in total. The Labute approximate surface area is 151 Å². The molecule has 0 fully saturated rings. The van der Waals surface area contributed by atoms with E-state index in [0.717, 1.165) is 34.2 Å². The van der Waals surface area contributed by atoms with E-state index in [4.69, 9.17) is 9.47 Å². The molecule has 0 heterocycles. The zero-order valence-corrected chi connectivity index (χ0v) is 15.6. The SMILES string of the molecule is COc1ccccc1CCCNC(=O)COc1ccc(Br)c(C)c1. The number of benzene rings is 2. The number of methoxy groups -OCH3 is 1. The van der Waals surface area contributed by atoms with Crippen LogP contribution in [0.2, 0.25) is 0 Å². The smallest absolute Gasteiger partial charge is 0.257 e. The van der Waals surface area contributed by atoms with Gasteiger partial charge in [-0.3, -0.25) is 4.79 Å². The molecule has 0 aliphatic heterocycles. The van der Waals surface area contributed by atoms with Gasteiger partial charge in [0.2, 0.25) is 0 Å². The fourth-order valence-electron chi connectivity index (χ4n) is 2.32. The zero-order chi connectivity index (χ0) is 17.4. The molecule has 0 atom stereocenters. The van der Waals surface area contributed by atoms with Gasteiger partial charge in [0.05, 0.1) is 7.11 Å². The highest BCUT2D eigenvalue weighted by Crippen LogP contribution is 2.21. The second kappa shape index (κ2) is 9.33. The van der Waals surface area contributed by atoms with Gasteiger partial charge in [-0.2, -0.15) is 0 Å². The third kappa shape index (κ3) is 5.57. The molecule has 2 aromatic rings. The highest BCUT2D eigenvalue weighted by Gasteiger charge is 2.05. The van der Waals surface area contributed by atoms with E-state index in [1.165, 1.54) is 0 Å². The average molecular weight is 392 g/mol. The topological polar surface area (TPSA) is 47.6 Å². The van der Waals surface area contributed by atoms with Crippen LogP contribution < -0.4 is 14.8 Å². The largest absolute Gasteiger partial charge is 0.496 e. The number of rotatable bonds is 8. The van der Waals surface area contributed by atoms with E-state index in [1.807, 2.05) is 49.4 Å². The normalized spacial score (nSPS) is 10.3. The first-order valence-electron chi connectivity index (χ1n) is 7.87. The van der Waals surface area contributed by atoms with Gasteiger partial charge in [-0.25, -0.2) is 0 Å². The Morgan fingerprint density at radius 2 is 2.00 bits per heavy atom. The molecule has 1 N–H and O–H groups in total. The molecule has 0 saturated heterocycles. The van der Waals surface area contributed by atoms with E-state index in [-0.39, 0.29) is 12.5 Å². The Balaban J connectivity index is 1.69. The minimum Gasteiger partial charge on any atom is -0.496 e. The Kier molecular flexibility index (Phi) is 7.12. The second-order valence-electron chi connectivity index (χ2n) is 5.47. The molecule has 2 rings (SSSR count). The summed E-state index contributed by atoms with van der Waals surface area (Å²) < 4.78 is 11.8. The lowest BCUT2D eigenvalue weighted by Crippen LogP contribution is -2.29. The van der Waals surface area contributed by atoms with Crippen LogP contribution in [0, 0.1) is 6.92 Å². The first-order chi connectivity index (χ1) is 11.6. The summed E-state index contributed by atoms with van der Waals surface area (Å²) in [6, 6.07) is 13.6. The zero-order valence-electron chi connectivity index (χ0n) is 14.0. The fraction of sp³-hybridized carbons (Fsp3) is 0.316. The summed E-state index contributed by atoms with van der Waals surface area (Å²) in [6.07, 6.45) is 1.71. The highest BCUT2D eigenvalue weighted by molar-refractivity contribution is 9.10. The minimum absolute atomic E-state index is 0.0235. The standard InChI is InChI=1S/C19H22BrNO3/c1-14-12-16(9-10-17(14)20)24-13-19(22)21-11-5-7-15-6-3-4-8-18(15)23-2/h3-4,6,8-10,12H,5,7,11,13H2,1-2H3,(H,21,22). The van der Waals surface area contributed by atoms with Crippen molar-refractivity contribution in [3.05, 3.63) is 58.1 Å². The quantitative estimate of drug-likeness (QED) is 0.694. The molecule has 0 unspecified atom stereocenters. The monoisotopic (exact) mass is 391 g/mol. The highest BCUT2D eigenvalue weighted by atomic mass is 79.9. The number of para-hydroxylation sites is 1. The van der Waals surface area contributed by atoms with Gasteiger partial charge in [-0.15, -0.1) is 0 Å². The van der Waals surface area contributed by atoms with Crippen LogP contribution in [-0.4, -0.2) is 26.2 Å². The number of carbonyl (C=O) groups is 1. The summed E-state index contributed by atoms with van der Waals surface area (Å²) in [7, 11) is 1.67. The van der Waals surface area contributed by atoms with Gasteiger partial charge in [0.15, 0.2) is 6.61 Å². The van der Waals surface area contributed by atoms with Gasteiger partial charge in [0, 0.05) is 11.0 Å². The number of amides is 1. The molecule has 2 aromatic carbocycles. The van der Waals surface area contributed by atoms with Crippen LogP contribution >= 0.6 is 15.9 Å². The predicted octanol–water partition coefficient (Wildman–Crippen LogP) is 3.89. The van der Waals surface area contributed by atoms with Crippen molar-refractivity contribution < 1.29 is 14.3 Å². The molecule has 0 saturated carbocycles. The number of nitrogens with one attached hydrogen (secondary N) is 1. The number of ether oxygens (including phenoxy) is 2. The van der Waals surface area contributed by atoms with Gasteiger partial charge in [-0.05, 0) is 55.2 Å². The maximum absolute atomic E-state index is 11.8. The summed E-state index contributed by atoms with van der Waals surface area (Å²) in [4.78, 5) is 11.8. The Morgan fingerprint density at radius 1 is 1.21 bits per heavy atom. The van der Waals surface area contributed by atoms with Gasteiger partial charge in [0.25, 0.3) is 5.91 Å². The molecule has 1 amide bonds. The van der Waals surface area contributed by atoms with Gasteiger partial charge >= 0.3 is 0 Å². The summed E-state index contributed by atoms with van der Waals surface area (Å²) in [5.74, 6) is 1.47. The molecule has 0 aromatic heterocycles. The van der Waals surface area contributed by atoms with Crippen molar-refractivity contribution in [3.63, 3.8) is 0 Å². The third-order valence-electron chi connectivity index (χ3n) is 3.64. The maximum atomic E-state index is 11.8. The summed E-state index contributed by atoms with van der Waals surface area (Å²) >= 11 is 3.44. The van der Waals surface area contributed by atoms with E-state index in [2.05, 4.69) is 21.2 Å². The molecule has 0 radical (unpaired) electrons. The molecule has 0 aliphatic carbocycles. The molecule has 5 heteroatoms. The number of aryl methyl sites for hydroxylation is 2. The fourth-order valence-corrected chi connectivity index (χ4v) is 2.57. The predicted molar refractivity (Wildman–Crippen MR) is 98.7 cm³/mol. The number of carbonyl (C=O) groups excluding carboxylic acids is 1. The Bertz CT molecular complexity index is 688. The first kappa shape index (κ1) is 18.3. The first-order valence-corrected chi connectivity index (χ1v) is 8.67. The van der Waals surface area contributed by atoms with E-state index < -0.39 is 0 Å². The van der Waals surface area contributed by atoms with Gasteiger partial charge in [-0.1, -0.05) is 34.1 Å². The lowest BCUT2D eigenvalue weighted by atomic mass is 10.1. The maximum Gasteiger partial charge on any atom is 0.257 e. The molecular formula is C19H22BrNO3. The number of hydrogen-bond donors (Lipinski definition) is 1.